The van der Waals surface area contributed by atoms with Gasteiger partial charge in [-0.15, -0.1) is 0 Å². The van der Waals surface area contributed by atoms with Crippen LogP contribution in [0.15, 0.2) is 24.3 Å². The normalized spacial score (nSPS) is 19.8. The minimum absolute atomic E-state index is 0.111. The summed E-state index contributed by atoms with van der Waals surface area (Å²) in [4.78, 5) is 25.5. The van der Waals surface area contributed by atoms with Gasteiger partial charge >= 0.3 is 5.97 Å². The monoisotopic (exact) mass is 293 g/mol. The van der Waals surface area contributed by atoms with E-state index in [0.717, 1.165) is 0 Å². The van der Waals surface area contributed by atoms with Gasteiger partial charge in [0.25, 0.3) is 5.91 Å². The molecule has 2 atom stereocenters. The number of anilines is 1. The smallest absolute Gasteiger partial charge is 0.326 e. The van der Waals surface area contributed by atoms with Crippen LogP contribution >= 0.6 is 0 Å². The molecule has 1 aromatic carbocycles. The molecule has 0 bridgehead atoms. The molecule has 0 aliphatic carbocycles. The molecule has 2 rings (SSSR count). The molecule has 0 N–H and O–H groups in total. The topological polar surface area (TPSA) is 68.4 Å². The van der Waals surface area contributed by atoms with Crippen LogP contribution in [0.25, 0.3) is 0 Å². The lowest BCUT2D eigenvalue weighted by Crippen LogP contribution is -2.39. The van der Waals surface area contributed by atoms with E-state index in [4.69, 9.17) is 14.2 Å². The average molecular weight is 293 g/mol. The molecular weight excluding hydrogens is 274 g/mol. The van der Waals surface area contributed by atoms with Gasteiger partial charge in [0.2, 0.25) is 0 Å². The van der Waals surface area contributed by atoms with Crippen molar-refractivity contribution in [2.75, 3.05) is 25.2 Å². The maximum atomic E-state index is 12.4. The van der Waals surface area contributed by atoms with E-state index >= 15 is 0 Å². The van der Waals surface area contributed by atoms with E-state index in [-0.39, 0.29) is 25.2 Å². The number of methoxy groups -OCH3 is 1. The van der Waals surface area contributed by atoms with Crippen LogP contribution in [0, 0.1) is 0 Å². The largest absolute Gasteiger partial charge is 0.497 e. The number of hydrogen-bond acceptors (Lipinski definition) is 5. The molecule has 0 aromatic heterocycles. The first-order chi connectivity index (χ1) is 10.1. The predicted molar refractivity (Wildman–Crippen MR) is 76.3 cm³/mol. The Hall–Kier alpha value is -2.08. The summed E-state index contributed by atoms with van der Waals surface area (Å²) in [7, 11) is 1.57. The molecular formula is C15H19NO5. The molecule has 1 saturated heterocycles. The van der Waals surface area contributed by atoms with Crippen molar-refractivity contribution >= 4 is 17.6 Å². The van der Waals surface area contributed by atoms with Gasteiger partial charge in [0.15, 0.2) is 6.10 Å². The Kier molecular flexibility index (Phi) is 4.80. The highest BCUT2D eigenvalue weighted by molar-refractivity contribution is 6.01. The van der Waals surface area contributed by atoms with Crippen LogP contribution in [-0.4, -0.2) is 44.3 Å². The van der Waals surface area contributed by atoms with Crippen LogP contribution in [0.2, 0.25) is 0 Å². The van der Waals surface area contributed by atoms with E-state index in [9.17, 15) is 9.59 Å². The van der Waals surface area contributed by atoms with Crippen molar-refractivity contribution in [3.8, 4) is 5.75 Å². The number of amides is 1. The molecule has 1 aliphatic rings. The van der Waals surface area contributed by atoms with Gasteiger partial charge in [-0.1, -0.05) is 0 Å². The Morgan fingerprint density at radius 1 is 1.29 bits per heavy atom. The van der Waals surface area contributed by atoms with E-state index < -0.39 is 12.1 Å². The van der Waals surface area contributed by atoms with Gasteiger partial charge in [-0.3, -0.25) is 14.5 Å². The molecule has 0 saturated carbocycles. The number of carbonyl (C=O) groups excluding carboxylic acids is 2. The molecule has 6 nitrogen and oxygen atoms in total. The summed E-state index contributed by atoms with van der Waals surface area (Å²) >= 11 is 0. The Balaban J connectivity index is 2.17. The van der Waals surface area contributed by atoms with Crippen LogP contribution in [-0.2, 0) is 19.1 Å². The zero-order chi connectivity index (χ0) is 15.4. The molecule has 1 fully saturated rings. The molecule has 1 aromatic rings. The number of epoxide rings is 1. The first-order valence-electron chi connectivity index (χ1n) is 6.83. The van der Waals surface area contributed by atoms with Gasteiger partial charge in [-0.25, -0.2) is 0 Å². The number of ether oxygens (including phenoxy) is 3. The summed E-state index contributed by atoms with van der Waals surface area (Å²) in [6.07, 6.45) is -0.595. The van der Waals surface area contributed by atoms with E-state index in [0.29, 0.717) is 11.4 Å². The van der Waals surface area contributed by atoms with Crippen molar-refractivity contribution < 1.29 is 23.8 Å². The molecule has 114 valence electrons. The Bertz CT molecular complexity index is 513. The second-order valence-corrected chi connectivity index (χ2v) is 4.69. The number of carbonyl (C=O) groups is 2. The summed E-state index contributed by atoms with van der Waals surface area (Å²) in [5.41, 5.74) is 0.608. The van der Waals surface area contributed by atoms with Gasteiger partial charge in [-0.05, 0) is 38.1 Å². The first kappa shape index (κ1) is 15.3. The van der Waals surface area contributed by atoms with Crippen molar-refractivity contribution in [3.05, 3.63) is 24.3 Å². The van der Waals surface area contributed by atoms with Gasteiger partial charge < -0.3 is 14.2 Å². The van der Waals surface area contributed by atoms with Crippen LogP contribution < -0.4 is 9.64 Å². The van der Waals surface area contributed by atoms with E-state index in [1.165, 1.54) is 4.90 Å². The highest BCUT2D eigenvalue weighted by Gasteiger charge is 2.44. The fraction of sp³-hybridized carbons (Fsp3) is 0.467. The van der Waals surface area contributed by atoms with Crippen LogP contribution in [0.3, 0.4) is 0 Å². The Labute approximate surface area is 123 Å². The minimum Gasteiger partial charge on any atom is -0.497 e. The maximum Gasteiger partial charge on any atom is 0.326 e. The standard InChI is InChI=1S/C15H19NO5/c1-4-20-13(17)9-16(15(18)14-10(2)21-14)11-5-7-12(19-3)8-6-11/h5-8,10,14H,4,9H2,1-3H3/t10-,14-/m1/s1. The predicted octanol–water partition coefficient (Wildman–Crippen LogP) is 1.38. The van der Waals surface area contributed by atoms with Crippen molar-refractivity contribution in [1.29, 1.82) is 0 Å². The van der Waals surface area contributed by atoms with Crippen molar-refractivity contribution in [2.24, 2.45) is 0 Å². The summed E-state index contributed by atoms with van der Waals surface area (Å²) in [6.45, 7) is 3.69. The Morgan fingerprint density at radius 2 is 1.90 bits per heavy atom. The highest BCUT2D eigenvalue weighted by atomic mass is 16.6. The van der Waals surface area contributed by atoms with Crippen molar-refractivity contribution in [2.45, 2.75) is 26.1 Å². The fourth-order valence-electron chi connectivity index (χ4n) is 1.99. The fourth-order valence-corrected chi connectivity index (χ4v) is 1.99. The minimum atomic E-state index is -0.485. The lowest BCUT2D eigenvalue weighted by molar-refractivity contribution is -0.142. The second kappa shape index (κ2) is 6.58. The molecule has 1 aliphatic heterocycles. The quantitative estimate of drug-likeness (QED) is 0.585. The van der Waals surface area contributed by atoms with E-state index in [1.807, 2.05) is 6.92 Å². The SMILES string of the molecule is CCOC(=O)CN(C(=O)[C@@H]1O[C@@H]1C)c1ccc(OC)cc1. The van der Waals surface area contributed by atoms with Gasteiger partial charge in [0.1, 0.15) is 12.3 Å². The Morgan fingerprint density at radius 3 is 2.38 bits per heavy atom. The number of benzene rings is 1. The average Bonchev–Trinajstić information content (AvgIpc) is 3.21. The molecule has 1 heterocycles. The number of rotatable bonds is 6. The molecule has 6 heteroatoms. The third kappa shape index (κ3) is 3.72. The van der Waals surface area contributed by atoms with Crippen molar-refractivity contribution in [1.82, 2.24) is 0 Å². The third-order valence-electron chi connectivity index (χ3n) is 3.20. The lowest BCUT2D eigenvalue weighted by Gasteiger charge is -2.21. The first-order valence-corrected chi connectivity index (χ1v) is 6.83. The van der Waals surface area contributed by atoms with Crippen LogP contribution in [0.4, 0.5) is 5.69 Å². The molecule has 0 spiro atoms. The van der Waals surface area contributed by atoms with Crippen LogP contribution in [0.1, 0.15) is 13.8 Å². The molecule has 0 radical (unpaired) electrons. The summed E-state index contributed by atoms with van der Waals surface area (Å²) in [5.74, 6) is -0.00554. The summed E-state index contributed by atoms with van der Waals surface area (Å²) in [6, 6.07) is 6.92. The third-order valence-corrected chi connectivity index (χ3v) is 3.20. The molecule has 21 heavy (non-hydrogen) atoms. The van der Waals surface area contributed by atoms with E-state index in [2.05, 4.69) is 0 Å². The number of nitrogens with zero attached hydrogens (tertiary/aromatic N) is 1. The number of hydrogen-bond donors (Lipinski definition) is 0. The molecule has 0 unspecified atom stereocenters. The number of esters is 1. The van der Waals surface area contributed by atoms with Gasteiger partial charge in [-0.2, -0.15) is 0 Å². The maximum absolute atomic E-state index is 12.4. The van der Waals surface area contributed by atoms with Crippen molar-refractivity contribution in [3.63, 3.8) is 0 Å². The highest BCUT2D eigenvalue weighted by Crippen LogP contribution is 2.27. The van der Waals surface area contributed by atoms with Gasteiger partial charge in [0, 0.05) is 5.69 Å². The van der Waals surface area contributed by atoms with E-state index in [1.54, 1.807) is 38.3 Å². The lowest BCUT2D eigenvalue weighted by atomic mass is 10.2. The second-order valence-electron chi connectivity index (χ2n) is 4.69. The summed E-state index contributed by atoms with van der Waals surface area (Å²) < 4.78 is 15.2. The summed E-state index contributed by atoms with van der Waals surface area (Å²) in [5, 5.41) is 0. The molecule has 1 amide bonds. The van der Waals surface area contributed by atoms with Gasteiger partial charge in [0.05, 0.1) is 19.8 Å². The van der Waals surface area contributed by atoms with Crippen LogP contribution in [0.5, 0.6) is 5.75 Å². The zero-order valence-corrected chi connectivity index (χ0v) is 12.4. The zero-order valence-electron chi connectivity index (χ0n) is 12.4.